The van der Waals surface area contributed by atoms with Crippen LogP contribution in [0.15, 0.2) is 16.9 Å². The van der Waals surface area contributed by atoms with Gasteiger partial charge in [-0.3, -0.25) is 4.68 Å². The fourth-order valence-corrected chi connectivity index (χ4v) is 2.68. The summed E-state index contributed by atoms with van der Waals surface area (Å²) in [5.41, 5.74) is 1.35. The first-order valence-electron chi connectivity index (χ1n) is 6.99. The molecule has 0 unspecified atom stereocenters. The van der Waals surface area contributed by atoms with Gasteiger partial charge < -0.3 is 14.7 Å². The number of amides is 2. The summed E-state index contributed by atoms with van der Waals surface area (Å²) in [7, 11) is 0. The second-order valence-electron chi connectivity index (χ2n) is 5.24. The summed E-state index contributed by atoms with van der Waals surface area (Å²) in [6.07, 6.45) is 5.41. The van der Waals surface area contributed by atoms with Gasteiger partial charge in [-0.05, 0) is 26.7 Å². The molecule has 2 aromatic heterocycles. The molecule has 2 amide bonds. The molecule has 0 aromatic carbocycles. The van der Waals surface area contributed by atoms with Crippen molar-refractivity contribution in [1.82, 2.24) is 25.1 Å². The van der Waals surface area contributed by atoms with E-state index in [9.17, 15) is 4.79 Å². The molecule has 0 saturated carbocycles. The van der Waals surface area contributed by atoms with Gasteiger partial charge in [-0.25, -0.2) is 4.79 Å². The normalized spacial score (nSPS) is 18.2. The minimum Gasteiger partial charge on any atom is -0.359 e. The number of carbonyl (C=O) groups is 1. The molecule has 1 aliphatic heterocycles. The van der Waals surface area contributed by atoms with Crippen LogP contribution in [0.1, 0.15) is 24.3 Å². The van der Waals surface area contributed by atoms with Crippen molar-refractivity contribution in [2.24, 2.45) is 0 Å². The number of rotatable bonds is 3. The number of carbonyl (C=O) groups excluding carboxylic acids is 1. The van der Waals surface area contributed by atoms with Gasteiger partial charge in [0.1, 0.15) is 11.4 Å². The van der Waals surface area contributed by atoms with E-state index >= 15 is 0 Å². The molecular formula is C13H18N6O2. The molecule has 8 heteroatoms. The van der Waals surface area contributed by atoms with Crippen LogP contribution >= 0.6 is 0 Å². The van der Waals surface area contributed by atoms with Gasteiger partial charge in [-0.2, -0.15) is 0 Å². The van der Waals surface area contributed by atoms with Crippen molar-refractivity contribution in [1.29, 1.82) is 0 Å². The lowest BCUT2D eigenvalue weighted by Gasteiger charge is -2.24. The molecule has 8 nitrogen and oxygen atoms in total. The van der Waals surface area contributed by atoms with E-state index in [1.165, 1.54) is 0 Å². The molecule has 1 saturated heterocycles. The smallest absolute Gasteiger partial charge is 0.322 e. The average Bonchev–Trinajstić information content (AvgIpc) is 3.18. The van der Waals surface area contributed by atoms with Crippen molar-refractivity contribution in [3.05, 3.63) is 23.8 Å². The first kappa shape index (κ1) is 13.6. The number of likely N-dealkylation sites (tertiary alicyclic amines) is 1. The molecular weight excluding hydrogens is 272 g/mol. The lowest BCUT2D eigenvalue weighted by atomic mass is 10.2. The molecule has 1 atom stereocenters. The van der Waals surface area contributed by atoms with Crippen LogP contribution in [0.3, 0.4) is 0 Å². The minimum absolute atomic E-state index is 0.119. The Hall–Kier alpha value is -2.38. The Morgan fingerprint density at radius 1 is 1.52 bits per heavy atom. The third-order valence-corrected chi connectivity index (χ3v) is 3.77. The highest BCUT2D eigenvalue weighted by atomic mass is 16.5. The Morgan fingerprint density at radius 2 is 2.38 bits per heavy atom. The Balaban J connectivity index is 1.68. The van der Waals surface area contributed by atoms with Crippen molar-refractivity contribution in [3.8, 4) is 0 Å². The van der Waals surface area contributed by atoms with Gasteiger partial charge in [-0.15, -0.1) is 5.10 Å². The number of nitrogens with one attached hydrogen (secondary N) is 1. The van der Waals surface area contributed by atoms with Crippen molar-refractivity contribution in [2.45, 2.75) is 39.3 Å². The number of aryl methyl sites for hydroxylation is 2. The first-order valence-corrected chi connectivity index (χ1v) is 6.99. The molecule has 21 heavy (non-hydrogen) atoms. The second-order valence-corrected chi connectivity index (χ2v) is 5.24. The quantitative estimate of drug-likeness (QED) is 0.927. The fraction of sp³-hybridized carbons (Fsp3) is 0.538. The van der Waals surface area contributed by atoms with E-state index in [1.54, 1.807) is 17.8 Å². The number of urea groups is 1. The van der Waals surface area contributed by atoms with Crippen LogP contribution in [-0.2, 0) is 6.54 Å². The predicted molar refractivity (Wildman–Crippen MR) is 74.7 cm³/mol. The lowest BCUT2D eigenvalue weighted by molar-refractivity contribution is 0.199. The fourth-order valence-electron chi connectivity index (χ4n) is 2.68. The predicted octanol–water partition coefficient (Wildman–Crippen LogP) is 1.58. The SMILES string of the molecule is Cc1noc(C)c1NC(=O)N1CCC[C@H]1Cn1ccnn1. The molecule has 2 aromatic rings. The summed E-state index contributed by atoms with van der Waals surface area (Å²) in [6, 6.07) is 0.0131. The number of anilines is 1. The zero-order chi connectivity index (χ0) is 14.8. The average molecular weight is 290 g/mol. The summed E-state index contributed by atoms with van der Waals surface area (Å²) < 4.78 is 6.82. The third-order valence-electron chi connectivity index (χ3n) is 3.77. The molecule has 0 radical (unpaired) electrons. The van der Waals surface area contributed by atoms with E-state index in [0.717, 1.165) is 19.4 Å². The van der Waals surface area contributed by atoms with Crippen LogP contribution in [0.25, 0.3) is 0 Å². The van der Waals surface area contributed by atoms with E-state index in [2.05, 4.69) is 20.8 Å². The standard InChI is InChI=1S/C13H18N6O2/c1-9-12(10(2)21-16-9)15-13(20)19-6-3-4-11(19)8-18-7-5-14-17-18/h5,7,11H,3-4,6,8H2,1-2H3,(H,15,20)/t11-/m0/s1. The zero-order valence-corrected chi connectivity index (χ0v) is 12.1. The van der Waals surface area contributed by atoms with E-state index in [-0.39, 0.29) is 12.1 Å². The van der Waals surface area contributed by atoms with E-state index in [4.69, 9.17) is 4.52 Å². The Bertz CT molecular complexity index is 601. The molecule has 1 N–H and O–H groups in total. The zero-order valence-electron chi connectivity index (χ0n) is 12.1. The Kier molecular flexibility index (Phi) is 3.59. The van der Waals surface area contributed by atoms with Gasteiger partial charge in [0.2, 0.25) is 0 Å². The van der Waals surface area contributed by atoms with E-state index in [1.807, 2.05) is 18.0 Å². The Morgan fingerprint density at radius 3 is 3.05 bits per heavy atom. The van der Waals surface area contributed by atoms with Crippen LogP contribution in [0, 0.1) is 13.8 Å². The molecule has 1 aliphatic rings. The number of hydrogen-bond donors (Lipinski definition) is 1. The minimum atomic E-state index is -0.119. The molecule has 112 valence electrons. The topological polar surface area (TPSA) is 89.1 Å². The van der Waals surface area contributed by atoms with Crippen molar-refractivity contribution >= 4 is 11.7 Å². The highest BCUT2D eigenvalue weighted by molar-refractivity contribution is 5.90. The largest absolute Gasteiger partial charge is 0.359 e. The molecule has 0 spiro atoms. The maximum atomic E-state index is 12.5. The van der Waals surface area contributed by atoms with Crippen molar-refractivity contribution < 1.29 is 9.32 Å². The second kappa shape index (κ2) is 5.55. The lowest BCUT2D eigenvalue weighted by Crippen LogP contribution is -2.41. The molecule has 1 fully saturated rings. The number of nitrogens with zero attached hydrogens (tertiary/aromatic N) is 5. The number of aromatic nitrogens is 4. The van der Waals surface area contributed by atoms with Gasteiger partial charge in [0.25, 0.3) is 0 Å². The van der Waals surface area contributed by atoms with Gasteiger partial charge >= 0.3 is 6.03 Å². The van der Waals surface area contributed by atoms with Crippen LogP contribution in [0.4, 0.5) is 10.5 Å². The van der Waals surface area contributed by atoms with Crippen LogP contribution in [0.5, 0.6) is 0 Å². The van der Waals surface area contributed by atoms with Gasteiger partial charge in [0.05, 0.1) is 18.8 Å². The monoisotopic (exact) mass is 290 g/mol. The summed E-state index contributed by atoms with van der Waals surface area (Å²) in [4.78, 5) is 14.3. The van der Waals surface area contributed by atoms with E-state index in [0.29, 0.717) is 23.7 Å². The molecule has 0 aliphatic carbocycles. The van der Waals surface area contributed by atoms with Crippen LogP contribution < -0.4 is 5.32 Å². The van der Waals surface area contributed by atoms with Gasteiger partial charge in [0.15, 0.2) is 5.76 Å². The highest BCUT2D eigenvalue weighted by Gasteiger charge is 2.30. The first-order chi connectivity index (χ1) is 10.1. The number of hydrogen-bond acceptors (Lipinski definition) is 5. The summed E-state index contributed by atoms with van der Waals surface area (Å²) in [6.45, 7) is 5.00. The Labute approximate surface area is 122 Å². The summed E-state index contributed by atoms with van der Waals surface area (Å²) in [5.74, 6) is 0.618. The molecule has 3 heterocycles. The summed E-state index contributed by atoms with van der Waals surface area (Å²) >= 11 is 0. The molecule has 0 bridgehead atoms. The summed E-state index contributed by atoms with van der Waals surface area (Å²) in [5, 5.41) is 14.5. The van der Waals surface area contributed by atoms with Crippen LogP contribution in [0.2, 0.25) is 0 Å². The van der Waals surface area contributed by atoms with Crippen molar-refractivity contribution in [2.75, 3.05) is 11.9 Å². The van der Waals surface area contributed by atoms with Gasteiger partial charge in [0, 0.05) is 12.7 Å². The maximum absolute atomic E-state index is 12.5. The van der Waals surface area contributed by atoms with Crippen LogP contribution in [-0.4, -0.2) is 43.7 Å². The third kappa shape index (κ3) is 2.74. The van der Waals surface area contributed by atoms with Crippen molar-refractivity contribution in [3.63, 3.8) is 0 Å². The maximum Gasteiger partial charge on any atom is 0.322 e. The molecule has 3 rings (SSSR count). The highest BCUT2D eigenvalue weighted by Crippen LogP contribution is 2.23. The van der Waals surface area contributed by atoms with Gasteiger partial charge in [-0.1, -0.05) is 10.4 Å². The van der Waals surface area contributed by atoms with E-state index < -0.39 is 0 Å².